The smallest absolute Gasteiger partial charge is 0.326 e. The molecule has 0 radical (unpaired) electrons. The number of carboxylic acid groups (broad SMARTS) is 1. The predicted octanol–water partition coefficient (Wildman–Crippen LogP) is -3.48. The number of aliphatic hydroxyl groups excluding tert-OH is 1. The van der Waals surface area contributed by atoms with Crippen LogP contribution in [-0.4, -0.2) is 100 Å². The van der Waals surface area contributed by atoms with E-state index in [2.05, 4.69) is 10.3 Å². The number of nitrogens with zero attached hydrogens (tertiary/aromatic N) is 3. The van der Waals surface area contributed by atoms with E-state index in [1.165, 1.54) is 9.80 Å². The number of aliphatic hydroxyl groups is 1. The first-order valence-corrected chi connectivity index (χ1v) is 10.2. The highest BCUT2D eigenvalue weighted by molar-refractivity contribution is 5.94. The summed E-state index contributed by atoms with van der Waals surface area (Å²) in [5, 5.41) is 21.9. The molecule has 174 valence electrons. The first kappa shape index (κ1) is 24.3. The normalized spacial score (nSPS) is 24.0. The number of β-amino-alcohol motifs (C(OH)–C–C–N with tert-alkyl or cyclic N) is 1. The Kier molecular flexibility index (Phi) is 8.56. The zero-order chi connectivity index (χ0) is 23.1. The van der Waals surface area contributed by atoms with Gasteiger partial charge in [0.05, 0.1) is 12.6 Å². The van der Waals surface area contributed by atoms with Crippen LogP contribution in [0.15, 0.2) is 4.99 Å². The maximum atomic E-state index is 13.1. The molecule has 2 fully saturated rings. The summed E-state index contributed by atoms with van der Waals surface area (Å²) < 4.78 is 0. The van der Waals surface area contributed by atoms with E-state index < -0.39 is 42.0 Å². The van der Waals surface area contributed by atoms with Crippen LogP contribution in [0.1, 0.15) is 32.1 Å². The Morgan fingerprint density at radius 1 is 1.16 bits per heavy atom. The maximum absolute atomic E-state index is 13.1. The first-order valence-electron chi connectivity index (χ1n) is 10.2. The molecule has 13 heteroatoms. The number of hydrogen-bond acceptors (Lipinski definition) is 7. The van der Waals surface area contributed by atoms with Crippen molar-refractivity contribution < 1.29 is 29.4 Å². The molecule has 0 aromatic heterocycles. The minimum absolute atomic E-state index is 0.0184. The van der Waals surface area contributed by atoms with Crippen molar-refractivity contribution in [1.82, 2.24) is 15.1 Å². The highest BCUT2D eigenvalue weighted by atomic mass is 16.4. The summed E-state index contributed by atoms with van der Waals surface area (Å²) in [4.78, 5) is 55.8. The highest BCUT2D eigenvalue weighted by Gasteiger charge is 2.44. The molecule has 0 aromatic rings. The molecule has 13 nitrogen and oxygen atoms in total. The number of nitrogens with two attached hydrogens (primary N) is 3. The maximum Gasteiger partial charge on any atom is 0.326 e. The molecule has 0 aromatic carbocycles. The van der Waals surface area contributed by atoms with E-state index in [1.807, 2.05) is 0 Å². The predicted molar refractivity (Wildman–Crippen MR) is 109 cm³/mol. The number of likely N-dealkylation sites (tertiary alicyclic amines) is 2. The molecule has 9 N–H and O–H groups in total. The topological polar surface area (TPSA) is 218 Å². The van der Waals surface area contributed by atoms with Crippen LogP contribution in [0.3, 0.4) is 0 Å². The molecule has 2 aliphatic rings. The van der Waals surface area contributed by atoms with Crippen molar-refractivity contribution in [2.45, 2.75) is 56.3 Å². The van der Waals surface area contributed by atoms with Gasteiger partial charge in [0.15, 0.2) is 5.96 Å². The Balaban J connectivity index is 2.05. The fraction of sp³-hybridized carbons (Fsp3) is 0.722. The fourth-order valence-electron chi connectivity index (χ4n) is 3.97. The quantitative estimate of drug-likeness (QED) is 0.119. The SMILES string of the molecule is NCC(=O)N1CCC[C@H]1C(=O)N1C[C@H](O)C[C@H]1C(=O)N[C@@H](CCCN=C(N)N)C(=O)O. The Labute approximate surface area is 179 Å². The van der Waals surface area contributed by atoms with E-state index in [-0.39, 0.29) is 44.3 Å². The summed E-state index contributed by atoms with van der Waals surface area (Å²) in [7, 11) is 0. The molecule has 0 spiro atoms. The number of carbonyl (C=O) groups excluding carboxylic acids is 3. The third kappa shape index (κ3) is 6.28. The Bertz CT molecular complexity index is 726. The van der Waals surface area contributed by atoms with Gasteiger partial charge in [-0.25, -0.2) is 4.79 Å². The molecule has 2 aliphatic heterocycles. The lowest BCUT2D eigenvalue weighted by Crippen LogP contribution is -2.55. The average molecular weight is 441 g/mol. The molecule has 0 saturated carbocycles. The molecule has 0 aliphatic carbocycles. The van der Waals surface area contributed by atoms with Gasteiger partial charge in [-0.3, -0.25) is 19.4 Å². The third-order valence-electron chi connectivity index (χ3n) is 5.46. The van der Waals surface area contributed by atoms with Crippen LogP contribution in [0, 0.1) is 0 Å². The highest BCUT2D eigenvalue weighted by Crippen LogP contribution is 2.25. The lowest BCUT2D eigenvalue weighted by atomic mass is 10.1. The fourth-order valence-corrected chi connectivity index (χ4v) is 3.97. The summed E-state index contributed by atoms with van der Waals surface area (Å²) in [5.41, 5.74) is 15.9. The lowest BCUT2D eigenvalue weighted by molar-refractivity contribution is -0.147. The third-order valence-corrected chi connectivity index (χ3v) is 5.46. The number of nitrogens with one attached hydrogen (secondary N) is 1. The molecule has 3 amide bonds. The number of rotatable bonds is 9. The molecule has 31 heavy (non-hydrogen) atoms. The van der Waals surface area contributed by atoms with E-state index in [4.69, 9.17) is 17.2 Å². The van der Waals surface area contributed by atoms with Gasteiger partial charge in [-0.05, 0) is 25.7 Å². The standard InChI is InChI=1S/C18H31N7O6/c19-8-14(27)24-6-2-4-12(24)16(29)25-9-10(26)7-13(25)15(28)23-11(17(30)31)3-1-5-22-18(20)21/h10-13,26H,1-9,19H2,(H,23,28)(H,30,31)(H4,20,21,22)/t10-,11+,12+,13+/m1/s1. The van der Waals surface area contributed by atoms with Crippen LogP contribution in [0.2, 0.25) is 0 Å². The van der Waals surface area contributed by atoms with E-state index in [0.717, 1.165) is 0 Å². The number of aliphatic carboxylic acids is 1. The van der Waals surface area contributed by atoms with Crippen molar-refractivity contribution in [3.63, 3.8) is 0 Å². The second-order valence-electron chi connectivity index (χ2n) is 7.69. The lowest BCUT2D eigenvalue weighted by Gasteiger charge is -2.31. The van der Waals surface area contributed by atoms with Crippen LogP contribution in [-0.2, 0) is 19.2 Å². The largest absolute Gasteiger partial charge is 0.480 e. The van der Waals surface area contributed by atoms with Crippen LogP contribution < -0.4 is 22.5 Å². The van der Waals surface area contributed by atoms with Gasteiger partial charge < -0.3 is 42.5 Å². The number of hydrogen-bond donors (Lipinski definition) is 6. The summed E-state index contributed by atoms with van der Waals surface area (Å²) in [6, 6.07) is -2.97. The molecule has 0 unspecified atom stereocenters. The van der Waals surface area contributed by atoms with Crippen molar-refractivity contribution in [3.05, 3.63) is 0 Å². The van der Waals surface area contributed by atoms with Crippen molar-refractivity contribution >= 4 is 29.7 Å². The van der Waals surface area contributed by atoms with Gasteiger partial charge in [-0.1, -0.05) is 0 Å². The number of guanidine groups is 1. The second kappa shape index (κ2) is 10.9. The summed E-state index contributed by atoms with van der Waals surface area (Å²) in [6.45, 7) is 0.314. The number of amides is 3. The molecule has 4 atom stereocenters. The van der Waals surface area contributed by atoms with Gasteiger partial charge >= 0.3 is 5.97 Å². The number of carboxylic acids is 1. The number of carbonyl (C=O) groups is 4. The molecule has 2 saturated heterocycles. The Morgan fingerprint density at radius 2 is 1.87 bits per heavy atom. The zero-order valence-corrected chi connectivity index (χ0v) is 17.3. The summed E-state index contributed by atoms with van der Waals surface area (Å²) in [5.74, 6) is -2.82. The van der Waals surface area contributed by atoms with Crippen LogP contribution in [0.4, 0.5) is 0 Å². The van der Waals surface area contributed by atoms with Gasteiger partial charge in [0.25, 0.3) is 0 Å². The monoisotopic (exact) mass is 441 g/mol. The summed E-state index contributed by atoms with van der Waals surface area (Å²) >= 11 is 0. The minimum atomic E-state index is -1.23. The van der Waals surface area contributed by atoms with Gasteiger partial charge in [0, 0.05) is 26.1 Å². The van der Waals surface area contributed by atoms with Gasteiger partial charge in [0.2, 0.25) is 17.7 Å². The van der Waals surface area contributed by atoms with E-state index in [1.54, 1.807) is 0 Å². The second-order valence-corrected chi connectivity index (χ2v) is 7.69. The Morgan fingerprint density at radius 3 is 2.48 bits per heavy atom. The van der Waals surface area contributed by atoms with Crippen LogP contribution in [0.25, 0.3) is 0 Å². The van der Waals surface area contributed by atoms with Crippen molar-refractivity contribution in [3.8, 4) is 0 Å². The number of aliphatic imine (C=N–C) groups is 1. The van der Waals surface area contributed by atoms with Crippen LogP contribution in [0.5, 0.6) is 0 Å². The Hall–Kier alpha value is -2.93. The van der Waals surface area contributed by atoms with E-state index in [9.17, 15) is 29.4 Å². The zero-order valence-electron chi connectivity index (χ0n) is 17.3. The van der Waals surface area contributed by atoms with Gasteiger partial charge in [-0.2, -0.15) is 0 Å². The summed E-state index contributed by atoms with van der Waals surface area (Å²) in [6.07, 6.45) is 0.534. The van der Waals surface area contributed by atoms with Gasteiger partial charge in [0.1, 0.15) is 18.1 Å². The minimum Gasteiger partial charge on any atom is -0.480 e. The van der Waals surface area contributed by atoms with Crippen LogP contribution >= 0.6 is 0 Å². The van der Waals surface area contributed by atoms with Crippen molar-refractivity contribution in [2.24, 2.45) is 22.2 Å². The molecular formula is C18H31N7O6. The molecule has 2 heterocycles. The van der Waals surface area contributed by atoms with E-state index in [0.29, 0.717) is 25.8 Å². The van der Waals surface area contributed by atoms with E-state index >= 15 is 0 Å². The molecular weight excluding hydrogens is 410 g/mol. The van der Waals surface area contributed by atoms with Crippen molar-refractivity contribution in [1.29, 1.82) is 0 Å². The average Bonchev–Trinajstić information content (AvgIpc) is 3.35. The molecule has 0 bridgehead atoms. The van der Waals surface area contributed by atoms with Gasteiger partial charge in [-0.15, -0.1) is 0 Å². The first-order chi connectivity index (χ1) is 14.6. The van der Waals surface area contributed by atoms with Crippen molar-refractivity contribution in [2.75, 3.05) is 26.2 Å². The molecule has 2 rings (SSSR count).